The number of ether oxygens (including phenoxy) is 1. The molecule has 5 heteroatoms. The number of nitrogens with two attached hydrogens (primary N) is 1. The van der Waals surface area contributed by atoms with Crippen molar-refractivity contribution in [3.63, 3.8) is 0 Å². The molecule has 0 saturated heterocycles. The predicted octanol–water partition coefficient (Wildman–Crippen LogP) is 3.35. The third-order valence-corrected chi connectivity index (χ3v) is 3.32. The summed E-state index contributed by atoms with van der Waals surface area (Å²) in [5, 5.41) is 10.7. The highest BCUT2D eigenvalue weighted by Gasteiger charge is 2.16. The highest BCUT2D eigenvalue weighted by molar-refractivity contribution is 6.30. The van der Waals surface area contributed by atoms with Crippen LogP contribution in [0.25, 0.3) is 0 Å². The predicted molar refractivity (Wildman–Crippen MR) is 77.5 cm³/mol. The van der Waals surface area contributed by atoms with E-state index in [1.54, 1.807) is 30.3 Å². The number of nitrogen functional groups attached to an aromatic ring is 1. The molecule has 0 aromatic heterocycles. The van der Waals surface area contributed by atoms with Crippen LogP contribution >= 0.6 is 11.6 Å². The van der Waals surface area contributed by atoms with Crippen molar-refractivity contribution in [3.8, 4) is 5.75 Å². The molecule has 0 aliphatic heterocycles. The van der Waals surface area contributed by atoms with E-state index >= 15 is 0 Å². The number of halogens is 2. The molecule has 0 aliphatic rings. The van der Waals surface area contributed by atoms with Crippen molar-refractivity contribution < 1.29 is 14.2 Å². The number of aliphatic hydroxyl groups is 1. The van der Waals surface area contributed by atoms with Crippen LogP contribution in [-0.4, -0.2) is 12.2 Å². The van der Waals surface area contributed by atoms with Gasteiger partial charge in [0.25, 0.3) is 0 Å². The topological polar surface area (TPSA) is 55.5 Å². The van der Waals surface area contributed by atoms with E-state index in [1.165, 1.54) is 13.2 Å². The van der Waals surface area contributed by atoms with Gasteiger partial charge in [-0.15, -0.1) is 0 Å². The summed E-state index contributed by atoms with van der Waals surface area (Å²) in [7, 11) is 1.40. The van der Waals surface area contributed by atoms with E-state index < -0.39 is 11.9 Å². The number of anilines is 1. The normalized spacial score (nSPS) is 12.2. The third kappa shape index (κ3) is 3.03. The van der Waals surface area contributed by atoms with Crippen molar-refractivity contribution in [1.29, 1.82) is 0 Å². The lowest BCUT2D eigenvalue weighted by molar-refractivity contribution is 0.177. The Morgan fingerprint density at radius 3 is 2.75 bits per heavy atom. The van der Waals surface area contributed by atoms with Crippen LogP contribution in [0, 0.1) is 5.82 Å². The largest absolute Gasteiger partial charge is 0.494 e. The second-order valence-corrected chi connectivity index (χ2v) is 4.86. The molecule has 3 nitrogen and oxygen atoms in total. The number of aliphatic hydroxyl groups excluding tert-OH is 1. The van der Waals surface area contributed by atoms with Gasteiger partial charge < -0.3 is 15.6 Å². The van der Waals surface area contributed by atoms with Gasteiger partial charge in [-0.2, -0.15) is 0 Å². The van der Waals surface area contributed by atoms with Crippen LogP contribution in [0.5, 0.6) is 5.75 Å². The molecule has 2 rings (SSSR count). The molecule has 0 bridgehead atoms. The zero-order valence-corrected chi connectivity index (χ0v) is 11.7. The van der Waals surface area contributed by atoms with E-state index in [-0.39, 0.29) is 12.2 Å². The first-order valence-corrected chi connectivity index (χ1v) is 6.45. The average Bonchev–Trinajstić information content (AvgIpc) is 2.41. The van der Waals surface area contributed by atoms with Crippen molar-refractivity contribution in [3.05, 3.63) is 58.4 Å². The van der Waals surface area contributed by atoms with E-state index in [1.807, 2.05) is 0 Å². The zero-order valence-electron chi connectivity index (χ0n) is 10.9. The van der Waals surface area contributed by atoms with Crippen molar-refractivity contribution in [2.75, 3.05) is 12.8 Å². The van der Waals surface area contributed by atoms with E-state index in [9.17, 15) is 9.50 Å². The molecule has 0 heterocycles. The summed E-state index contributed by atoms with van der Waals surface area (Å²) in [5.74, 6) is -0.319. The van der Waals surface area contributed by atoms with Gasteiger partial charge in [0.05, 0.1) is 13.2 Å². The Bertz CT molecular complexity index is 619. The molecule has 20 heavy (non-hydrogen) atoms. The van der Waals surface area contributed by atoms with Crippen LogP contribution in [0.3, 0.4) is 0 Å². The Hall–Kier alpha value is -1.78. The van der Waals surface area contributed by atoms with Crippen molar-refractivity contribution in [2.45, 2.75) is 12.5 Å². The molecular weight excluding hydrogens is 281 g/mol. The minimum atomic E-state index is -0.908. The van der Waals surface area contributed by atoms with Gasteiger partial charge in [-0.1, -0.05) is 29.8 Å². The average molecular weight is 296 g/mol. The Balaban J connectivity index is 2.25. The van der Waals surface area contributed by atoms with E-state index in [2.05, 4.69) is 0 Å². The van der Waals surface area contributed by atoms with E-state index in [0.717, 1.165) is 0 Å². The van der Waals surface area contributed by atoms with Crippen molar-refractivity contribution in [2.24, 2.45) is 0 Å². The van der Waals surface area contributed by atoms with Gasteiger partial charge in [0.2, 0.25) is 0 Å². The van der Waals surface area contributed by atoms with E-state index in [4.69, 9.17) is 22.1 Å². The highest BCUT2D eigenvalue weighted by Crippen LogP contribution is 2.29. The number of hydrogen-bond donors (Lipinski definition) is 2. The van der Waals surface area contributed by atoms with Gasteiger partial charge >= 0.3 is 0 Å². The smallest absolute Gasteiger partial charge is 0.168 e. The van der Waals surface area contributed by atoms with Crippen LogP contribution in [0.4, 0.5) is 10.1 Å². The lowest BCUT2D eigenvalue weighted by Gasteiger charge is -2.15. The maximum absolute atomic E-state index is 14.0. The summed E-state index contributed by atoms with van der Waals surface area (Å²) < 4.78 is 18.9. The fourth-order valence-corrected chi connectivity index (χ4v) is 2.22. The summed E-state index contributed by atoms with van der Waals surface area (Å²) in [4.78, 5) is 0. The lowest BCUT2D eigenvalue weighted by Crippen LogP contribution is -2.07. The SMILES string of the molecule is COc1cccc(CC(O)c2ccc(Cl)cc2N)c1F. The summed E-state index contributed by atoms with van der Waals surface area (Å²) in [6.45, 7) is 0. The maximum Gasteiger partial charge on any atom is 0.168 e. The van der Waals surface area contributed by atoms with Gasteiger partial charge in [-0.25, -0.2) is 4.39 Å². The second kappa shape index (κ2) is 6.11. The molecular formula is C15H15ClFNO2. The van der Waals surface area contributed by atoms with Gasteiger partial charge in [0.15, 0.2) is 11.6 Å². The molecule has 0 radical (unpaired) electrons. The summed E-state index contributed by atoms with van der Waals surface area (Å²) in [6, 6.07) is 9.64. The summed E-state index contributed by atoms with van der Waals surface area (Å²) in [5.41, 5.74) is 7.08. The standard InChI is InChI=1S/C15H15ClFNO2/c1-20-14-4-2-3-9(15(14)17)7-13(19)11-6-5-10(16)8-12(11)18/h2-6,8,13,19H,7,18H2,1H3. The Morgan fingerprint density at radius 1 is 1.35 bits per heavy atom. The minimum Gasteiger partial charge on any atom is -0.494 e. The molecule has 1 atom stereocenters. The third-order valence-electron chi connectivity index (χ3n) is 3.08. The second-order valence-electron chi connectivity index (χ2n) is 4.43. The van der Waals surface area contributed by atoms with Crippen LogP contribution in [0.15, 0.2) is 36.4 Å². The molecule has 3 N–H and O–H groups in total. The zero-order chi connectivity index (χ0) is 14.7. The Labute approximate surface area is 121 Å². The molecule has 0 spiro atoms. The molecule has 1 unspecified atom stereocenters. The quantitative estimate of drug-likeness (QED) is 0.851. The number of benzene rings is 2. The molecule has 0 saturated carbocycles. The molecule has 106 valence electrons. The molecule has 2 aromatic rings. The molecule has 2 aromatic carbocycles. The lowest BCUT2D eigenvalue weighted by atomic mass is 9.99. The molecule has 0 fully saturated rings. The van der Waals surface area contributed by atoms with Gasteiger partial charge in [0.1, 0.15) is 0 Å². The van der Waals surface area contributed by atoms with Gasteiger partial charge in [-0.3, -0.25) is 0 Å². The molecule has 0 aliphatic carbocycles. The number of hydrogen-bond acceptors (Lipinski definition) is 3. The monoisotopic (exact) mass is 295 g/mol. The minimum absolute atomic E-state index is 0.106. The van der Waals surface area contributed by atoms with Crippen molar-refractivity contribution >= 4 is 17.3 Å². The first-order chi connectivity index (χ1) is 9.52. The first-order valence-electron chi connectivity index (χ1n) is 6.07. The maximum atomic E-state index is 14.0. The fraction of sp³-hybridized carbons (Fsp3) is 0.200. The Morgan fingerprint density at radius 2 is 2.10 bits per heavy atom. The van der Waals surface area contributed by atoms with Crippen molar-refractivity contribution in [1.82, 2.24) is 0 Å². The number of methoxy groups -OCH3 is 1. The van der Waals surface area contributed by atoms with Crippen LogP contribution < -0.4 is 10.5 Å². The Kier molecular flexibility index (Phi) is 4.47. The highest BCUT2D eigenvalue weighted by atomic mass is 35.5. The van der Waals surface area contributed by atoms with Gasteiger partial charge in [0, 0.05) is 22.7 Å². The van der Waals surface area contributed by atoms with Gasteiger partial charge in [-0.05, 0) is 23.8 Å². The molecule has 0 amide bonds. The van der Waals surface area contributed by atoms with E-state index in [0.29, 0.717) is 21.8 Å². The van der Waals surface area contributed by atoms with Crippen LogP contribution in [-0.2, 0) is 6.42 Å². The van der Waals surface area contributed by atoms with Crippen LogP contribution in [0.1, 0.15) is 17.2 Å². The summed E-state index contributed by atoms with van der Waals surface area (Å²) in [6.07, 6.45) is -0.802. The number of rotatable bonds is 4. The summed E-state index contributed by atoms with van der Waals surface area (Å²) >= 11 is 5.81. The fourth-order valence-electron chi connectivity index (χ4n) is 2.04. The van der Waals surface area contributed by atoms with Crippen LogP contribution in [0.2, 0.25) is 5.02 Å². The first kappa shape index (κ1) is 14.6.